The van der Waals surface area contributed by atoms with Gasteiger partial charge in [-0.2, -0.15) is 0 Å². The number of nitrogens with zero attached hydrogens (tertiary/aromatic N) is 1. The van der Waals surface area contributed by atoms with Gasteiger partial charge in [0.15, 0.2) is 0 Å². The third-order valence-electron chi connectivity index (χ3n) is 3.32. The van der Waals surface area contributed by atoms with E-state index < -0.39 is 14.1 Å². The standard InChI is InChI=1S/C13H20B2N2O3/c1-14(18)16-7-6-11-8-10-4-5-12(20-3)9-13(10)17(11)15(2)19/h4-5,8-9,16,18-19H,6-7H2,1-3H3. The Hall–Kier alpha value is -1.43. The lowest BCUT2D eigenvalue weighted by Crippen LogP contribution is -2.33. The summed E-state index contributed by atoms with van der Waals surface area (Å²) < 4.78 is 7.13. The van der Waals surface area contributed by atoms with Crippen molar-refractivity contribution in [3.63, 3.8) is 0 Å². The highest BCUT2D eigenvalue weighted by atomic mass is 16.5. The first kappa shape index (κ1) is 15.0. The Bertz CT molecular complexity index is 584. The molecule has 0 aliphatic rings. The molecule has 0 spiro atoms. The quantitative estimate of drug-likeness (QED) is 0.683. The predicted molar refractivity (Wildman–Crippen MR) is 83.3 cm³/mol. The summed E-state index contributed by atoms with van der Waals surface area (Å²) in [6.45, 7) is 4.08. The molecule has 0 aliphatic carbocycles. The summed E-state index contributed by atoms with van der Waals surface area (Å²) in [5.74, 6) is 0.770. The number of hydrogen-bond acceptors (Lipinski definition) is 4. The minimum absolute atomic E-state index is 0.528. The Kier molecular flexibility index (Phi) is 4.75. The maximum Gasteiger partial charge on any atom is 0.413 e. The summed E-state index contributed by atoms with van der Waals surface area (Å²) in [7, 11) is 0.491. The van der Waals surface area contributed by atoms with E-state index in [0.29, 0.717) is 6.54 Å². The van der Waals surface area contributed by atoms with Gasteiger partial charge in [-0.05, 0) is 50.2 Å². The molecule has 0 saturated heterocycles. The highest BCUT2D eigenvalue weighted by Crippen LogP contribution is 2.25. The number of benzene rings is 1. The van der Waals surface area contributed by atoms with Crippen LogP contribution in [0.25, 0.3) is 10.9 Å². The molecule has 3 N–H and O–H groups in total. The van der Waals surface area contributed by atoms with Crippen LogP contribution in [-0.4, -0.2) is 42.3 Å². The van der Waals surface area contributed by atoms with Crippen molar-refractivity contribution < 1.29 is 14.8 Å². The number of ether oxygens (including phenoxy) is 1. The van der Waals surface area contributed by atoms with Crippen molar-refractivity contribution >= 4 is 25.0 Å². The van der Waals surface area contributed by atoms with Gasteiger partial charge in [0.2, 0.25) is 0 Å². The molecule has 1 aromatic carbocycles. The fraction of sp³-hybridized carbons (Fsp3) is 0.385. The van der Waals surface area contributed by atoms with Gasteiger partial charge in [0.05, 0.1) is 7.11 Å². The number of hydrogen-bond donors (Lipinski definition) is 3. The van der Waals surface area contributed by atoms with E-state index in [4.69, 9.17) is 4.74 Å². The molecule has 0 aliphatic heterocycles. The summed E-state index contributed by atoms with van der Waals surface area (Å²) in [5.41, 5.74) is 1.97. The van der Waals surface area contributed by atoms with Crippen molar-refractivity contribution in [2.24, 2.45) is 0 Å². The number of rotatable bonds is 6. The number of nitrogens with one attached hydrogen (secondary N) is 1. The van der Waals surface area contributed by atoms with Crippen LogP contribution in [0.15, 0.2) is 24.3 Å². The molecule has 0 saturated carbocycles. The highest BCUT2D eigenvalue weighted by molar-refractivity contribution is 6.48. The second kappa shape index (κ2) is 6.35. The number of aromatic nitrogens is 1. The Morgan fingerprint density at radius 1 is 1.25 bits per heavy atom. The van der Waals surface area contributed by atoms with Crippen LogP contribution in [0.2, 0.25) is 13.6 Å². The molecule has 0 fully saturated rings. The van der Waals surface area contributed by atoms with Gasteiger partial charge in [0.25, 0.3) is 0 Å². The first-order chi connectivity index (χ1) is 9.52. The maximum atomic E-state index is 10.0. The molecule has 2 aromatic rings. The zero-order chi connectivity index (χ0) is 14.7. The Morgan fingerprint density at radius 3 is 2.60 bits per heavy atom. The molecule has 0 amide bonds. The zero-order valence-electron chi connectivity index (χ0n) is 12.1. The van der Waals surface area contributed by atoms with E-state index in [2.05, 4.69) is 11.3 Å². The molecule has 106 valence electrons. The molecule has 2 rings (SSSR count). The van der Waals surface area contributed by atoms with E-state index in [1.54, 1.807) is 20.8 Å². The van der Waals surface area contributed by atoms with E-state index >= 15 is 0 Å². The van der Waals surface area contributed by atoms with Gasteiger partial charge in [-0.3, -0.25) is 0 Å². The average Bonchev–Trinajstić information content (AvgIpc) is 2.75. The average molecular weight is 274 g/mol. The Morgan fingerprint density at radius 2 is 2.00 bits per heavy atom. The third kappa shape index (κ3) is 3.17. The van der Waals surface area contributed by atoms with Gasteiger partial charge in [-0.1, -0.05) is 0 Å². The van der Waals surface area contributed by atoms with Crippen molar-refractivity contribution in [1.29, 1.82) is 0 Å². The maximum absolute atomic E-state index is 10.0. The Balaban J connectivity index is 2.35. The van der Waals surface area contributed by atoms with Crippen LogP contribution in [0.4, 0.5) is 0 Å². The molecule has 5 nitrogen and oxygen atoms in total. The molecule has 7 heteroatoms. The predicted octanol–water partition coefficient (Wildman–Crippen LogP) is 0.851. The summed E-state index contributed by atoms with van der Waals surface area (Å²) in [6.07, 6.45) is 0.729. The van der Waals surface area contributed by atoms with Gasteiger partial charge in [0, 0.05) is 17.3 Å². The van der Waals surface area contributed by atoms with Crippen LogP contribution >= 0.6 is 0 Å². The molecule has 0 bridgehead atoms. The van der Waals surface area contributed by atoms with E-state index in [1.165, 1.54) is 0 Å². The topological polar surface area (TPSA) is 66.6 Å². The second-order valence-corrected chi connectivity index (χ2v) is 4.94. The van der Waals surface area contributed by atoms with Crippen LogP contribution in [0.3, 0.4) is 0 Å². The van der Waals surface area contributed by atoms with Crippen molar-refractivity contribution in [3.8, 4) is 5.75 Å². The molecular formula is C13H20B2N2O3. The summed E-state index contributed by atoms with van der Waals surface area (Å²) >= 11 is 0. The van der Waals surface area contributed by atoms with Gasteiger partial charge in [-0.15, -0.1) is 0 Å². The summed E-state index contributed by atoms with van der Waals surface area (Å²) in [5, 5.41) is 23.3. The molecule has 1 heterocycles. The minimum atomic E-state index is -0.610. The van der Waals surface area contributed by atoms with Crippen molar-refractivity contribution in [3.05, 3.63) is 30.0 Å². The first-order valence-corrected chi connectivity index (χ1v) is 6.80. The second-order valence-electron chi connectivity index (χ2n) is 4.94. The van der Waals surface area contributed by atoms with Crippen LogP contribution in [-0.2, 0) is 6.42 Å². The van der Waals surface area contributed by atoms with Gasteiger partial charge in [-0.25, -0.2) is 0 Å². The molecular weight excluding hydrogens is 254 g/mol. The summed E-state index contributed by atoms with van der Waals surface area (Å²) in [4.78, 5) is 0. The molecule has 0 radical (unpaired) electrons. The van der Waals surface area contributed by atoms with E-state index in [0.717, 1.165) is 28.8 Å². The first-order valence-electron chi connectivity index (χ1n) is 6.80. The van der Waals surface area contributed by atoms with Crippen molar-refractivity contribution in [1.82, 2.24) is 9.71 Å². The number of methoxy groups -OCH3 is 1. The molecule has 1 aromatic heterocycles. The fourth-order valence-corrected chi connectivity index (χ4v) is 2.43. The lowest BCUT2D eigenvalue weighted by molar-refractivity contribution is 0.415. The molecule has 0 atom stereocenters. The fourth-order valence-electron chi connectivity index (χ4n) is 2.43. The lowest BCUT2D eigenvalue weighted by Gasteiger charge is -2.12. The smallest absolute Gasteiger partial charge is 0.413 e. The van der Waals surface area contributed by atoms with Crippen LogP contribution in [0, 0.1) is 0 Å². The van der Waals surface area contributed by atoms with E-state index in [9.17, 15) is 10.0 Å². The van der Waals surface area contributed by atoms with Crippen LogP contribution < -0.4 is 9.96 Å². The SMILES string of the molecule is COc1ccc2cc(CCNB(C)O)n(B(C)O)c2c1. The zero-order valence-corrected chi connectivity index (χ0v) is 12.1. The summed E-state index contributed by atoms with van der Waals surface area (Å²) in [6, 6.07) is 7.88. The van der Waals surface area contributed by atoms with Crippen molar-refractivity contribution in [2.45, 2.75) is 20.1 Å². The molecule has 0 unspecified atom stereocenters. The van der Waals surface area contributed by atoms with Crippen molar-refractivity contribution in [2.75, 3.05) is 13.7 Å². The van der Waals surface area contributed by atoms with E-state index in [-0.39, 0.29) is 0 Å². The highest BCUT2D eigenvalue weighted by Gasteiger charge is 2.16. The van der Waals surface area contributed by atoms with Gasteiger partial charge >= 0.3 is 14.1 Å². The Labute approximate surface area is 119 Å². The minimum Gasteiger partial charge on any atom is -0.497 e. The van der Waals surface area contributed by atoms with Crippen LogP contribution in [0.5, 0.6) is 5.75 Å². The van der Waals surface area contributed by atoms with E-state index in [1.807, 2.05) is 22.7 Å². The largest absolute Gasteiger partial charge is 0.497 e. The van der Waals surface area contributed by atoms with Gasteiger partial charge in [0.1, 0.15) is 5.75 Å². The third-order valence-corrected chi connectivity index (χ3v) is 3.32. The monoisotopic (exact) mass is 274 g/mol. The lowest BCUT2D eigenvalue weighted by atomic mass is 9.86. The molecule has 20 heavy (non-hydrogen) atoms. The van der Waals surface area contributed by atoms with Crippen LogP contribution in [0.1, 0.15) is 5.69 Å². The number of fused-ring (bicyclic) bond motifs is 1. The van der Waals surface area contributed by atoms with Gasteiger partial charge < -0.3 is 24.5 Å². The normalized spacial score (nSPS) is 10.8.